The summed E-state index contributed by atoms with van der Waals surface area (Å²) in [6.45, 7) is 7.81. The lowest BCUT2D eigenvalue weighted by Crippen LogP contribution is -2.44. The number of esters is 1. The standard InChI is InChI=1S/C15H19NO4/c1-9-10(2)16(9)15(3,4)14(19)20-12-7-5-11(6-8-12)13(17)18/h5-10H,1-4H3,(H,17,18). The summed E-state index contributed by atoms with van der Waals surface area (Å²) < 4.78 is 5.34. The number of rotatable bonds is 4. The first-order chi connectivity index (χ1) is 9.25. The van der Waals surface area contributed by atoms with Gasteiger partial charge < -0.3 is 9.84 Å². The molecule has 0 amide bonds. The van der Waals surface area contributed by atoms with Crippen LogP contribution in [0, 0.1) is 0 Å². The molecule has 1 aromatic rings. The number of benzene rings is 1. The second-order valence-corrected chi connectivity index (χ2v) is 5.67. The molecule has 1 aliphatic heterocycles. The molecule has 0 aromatic heterocycles. The lowest BCUT2D eigenvalue weighted by molar-refractivity contribution is -0.143. The van der Waals surface area contributed by atoms with Crippen molar-refractivity contribution in [2.45, 2.75) is 45.3 Å². The highest BCUT2D eigenvalue weighted by molar-refractivity contribution is 5.88. The molecule has 1 aromatic carbocycles. The Morgan fingerprint density at radius 1 is 1.15 bits per heavy atom. The first kappa shape index (κ1) is 14.5. The SMILES string of the molecule is CC1C(C)N1C(C)(C)C(=O)Oc1ccc(C(=O)O)cc1. The number of nitrogens with zero attached hydrogens (tertiary/aromatic N) is 1. The second kappa shape index (κ2) is 4.90. The minimum Gasteiger partial charge on any atom is -0.478 e. The van der Waals surface area contributed by atoms with Gasteiger partial charge in [-0.15, -0.1) is 0 Å². The van der Waals surface area contributed by atoms with E-state index >= 15 is 0 Å². The molecule has 5 nitrogen and oxygen atoms in total. The highest BCUT2D eigenvalue weighted by Crippen LogP contribution is 2.37. The van der Waals surface area contributed by atoms with Crippen LogP contribution in [0.25, 0.3) is 0 Å². The molecule has 1 saturated heterocycles. The Morgan fingerprint density at radius 2 is 1.65 bits per heavy atom. The van der Waals surface area contributed by atoms with Gasteiger partial charge in [-0.3, -0.25) is 4.90 Å². The Labute approximate surface area is 118 Å². The minimum absolute atomic E-state index is 0.164. The van der Waals surface area contributed by atoms with Crippen LogP contribution in [0.3, 0.4) is 0 Å². The summed E-state index contributed by atoms with van der Waals surface area (Å²) in [5.74, 6) is -0.984. The summed E-state index contributed by atoms with van der Waals surface area (Å²) in [5.41, 5.74) is -0.526. The number of hydrogen-bond acceptors (Lipinski definition) is 4. The van der Waals surface area contributed by atoms with Gasteiger partial charge in [0.25, 0.3) is 0 Å². The van der Waals surface area contributed by atoms with Crippen molar-refractivity contribution < 1.29 is 19.4 Å². The normalized spacial score (nSPS) is 25.1. The average Bonchev–Trinajstić information content (AvgIpc) is 2.98. The maximum atomic E-state index is 12.2. The van der Waals surface area contributed by atoms with Crippen LogP contribution >= 0.6 is 0 Å². The first-order valence-corrected chi connectivity index (χ1v) is 6.59. The van der Waals surface area contributed by atoms with Crippen molar-refractivity contribution in [3.63, 3.8) is 0 Å². The fourth-order valence-electron chi connectivity index (χ4n) is 2.52. The molecular formula is C15H19NO4. The van der Waals surface area contributed by atoms with Crippen molar-refractivity contribution in [3.05, 3.63) is 29.8 Å². The van der Waals surface area contributed by atoms with Crippen LogP contribution in [-0.4, -0.2) is 39.6 Å². The summed E-state index contributed by atoms with van der Waals surface area (Å²) in [6, 6.07) is 6.55. The van der Waals surface area contributed by atoms with Gasteiger partial charge in [0, 0.05) is 12.1 Å². The van der Waals surface area contributed by atoms with Crippen molar-refractivity contribution in [1.29, 1.82) is 0 Å². The number of ether oxygens (including phenoxy) is 1. The van der Waals surface area contributed by atoms with Gasteiger partial charge in [-0.05, 0) is 52.0 Å². The van der Waals surface area contributed by atoms with Crippen molar-refractivity contribution in [3.8, 4) is 5.75 Å². The van der Waals surface area contributed by atoms with E-state index in [1.165, 1.54) is 24.3 Å². The van der Waals surface area contributed by atoms with E-state index in [2.05, 4.69) is 18.7 Å². The van der Waals surface area contributed by atoms with Gasteiger partial charge in [-0.25, -0.2) is 9.59 Å². The van der Waals surface area contributed by atoms with Crippen molar-refractivity contribution in [2.75, 3.05) is 0 Å². The fourth-order valence-corrected chi connectivity index (χ4v) is 2.52. The Hall–Kier alpha value is -1.88. The third-order valence-electron chi connectivity index (χ3n) is 3.94. The number of carboxylic acids is 1. The van der Waals surface area contributed by atoms with Crippen LogP contribution in [0.1, 0.15) is 38.1 Å². The number of carbonyl (C=O) groups is 2. The van der Waals surface area contributed by atoms with Gasteiger partial charge in [0.1, 0.15) is 11.3 Å². The van der Waals surface area contributed by atoms with E-state index in [-0.39, 0.29) is 11.5 Å². The monoisotopic (exact) mass is 277 g/mol. The molecule has 2 atom stereocenters. The van der Waals surface area contributed by atoms with Gasteiger partial charge in [0.05, 0.1) is 5.56 Å². The molecule has 2 unspecified atom stereocenters. The number of hydrogen-bond donors (Lipinski definition) is 1. The molecule has 5 heteroatoms. The topological polar surface area (TPSA) is 66.6 Å². The molecule has 0 saturated carbocycles. The molecule has 20 heavy (non-hydrogen) atoms. The Bertz CT molecular complexity index is 527. The number of aromatic carboxylic acids is 1. The van der Waals surface area contributed by atoms with E-state index in [1.54, 1.807) is 0 Å². The van der Waals surface area contributed by atoms with Gasteiger partial charge in [0.15, 0.2) is 0 Å². The third-order valence-corrected chi connectivity index (χ3v) is 3.94. The average molecular weight is 277 g/mol. The molecule has 1 fully saturated rings. The van der Waals surface area contributed by atoms with Crippen molar-refractivity contribution in [1.82, 2.24) is 4.90 Å². The third kappa shape index (κ3) is 2.54. The molecule has 0 radical (unpaired) electrons. The van der Waals surface area contributed by atoms with Gasteiger partial charge in [0.2, 0.25) is 0 Å². The molecule has 0 spiro atoms. The zero-order valence-electron chi connectivity index (χ0n) is 12.1. The Morgan fingerprint density at radius 3 is 2.05 bits per heavy atom. The zero-order chi connectivity index (χ0) is 15.1. The number of carboxylic acid groups (broad SMARTS) is 1. The Balaban J connectivity index is 2.06. The van der Waals surface area contributed by atoms with Crippen molar-refractivity contribution in [2.24, 2.45) is 0 Å². The maximum Gasteiger partial charge on any atom is 0.335 e. The van der Waals surface area contributed by atoms with Crippen LogP contribution in [-0.2, 0) is 4.79 Å². The lowest BCUT2D eigenvalue weighted by atomic mass is 10.1. The van der Waals surface area contributed by atoms with Crippen LogP contribution in [0.2, 0.25) is 0 Å². The summed E-state index contributed by atoms with van der Waals surface area (Å²) in [6.07, 6.45) is 0. The highest BCUT2D eigenvalue weighted by atomic mass is 16.5. The van der Waals surface area contributed by atoms with Crippen LogP contribution in [0.5, 0.6) is 5.75 Å². The maximum absolute atomic E-state index is 12.2. The minimum atomic E-state index is -1.00. The second-order valence-electron chi connectivity index (χ2n) is 5.67. The van der Waals surface area contributed by atoms with E-state index in [4.69, 9.17) is 9.84 Å². The van der Waals surface area contributed by atoms with Crippen LogP contribution in [0.4, 0.5) is 0 Å². The molecule has 1 aliphatic rings. The van der Waals surface area contributed by atoms with E-state index in [1.807, 2.05) is 13.8 Å². The smallest absolute Gasteiger partial charge is 0.335 e. The summed E-state index contributed by atoms with van der Waals surface area (Å²) in [4.78, 5) is 25.1. The van der Waals surface area contributed by atoms with Crippen LogP contribution in [0.15, 0.2) is 24.3 Å². The fraction of sp³-hybridized carbons (Fsp3) is 0.467. The quantitative estimate of drug-likeness (QED) is 0.519. The molecule has 0 aliphatic carbocycles. The molecule has 0 bridgehead atoms. The first-order valence-electron chi connectivity index (χ1n) is 6.59. The summed E-state index contributed by atoms with van der Waals surface area (Å²) in [5, 5.41) is 8.81. The Kier molecular flexibility index (Phi) is 3.56. The van der Waals surface area contributed by atoms with E-state index in [0.29, 0.717) is 17.8 Å². The number of carbonyl (C=O) groups excluding carboxylic acids is 1. The predicted molar refractivity (Wildman–Crippen MR) is 73.9 cm³/mol. The highest BCUT2D eigenvalue weighted by Gasteiger charge is 2.53. The molecule has 1 N–H and O–H groups in total. The summed E-state index contributed by atoms with van der Waals surface area (Å²) >= 11 is 0. The molecular weight excluding hydrogens is 258 g/mol. The molecule has 2 rings (SSSR count). The lowest BCUT2D eigenvalue weighted by Gasteiger charge is -2.25. The molecule has 1 heterocycles. The van der Waals surface area contributed by atoms with E-state index in [9.17, 15) is 9.59 Å². The predicted octanol–water partition coefficient (Wildman–Crippen LogP) is 2.16. The van der Waals surface area contributed by atoms with Crippen LogP contribution < -0.4 is 4.74 Å². The van der Waals surface area contributed by atoms with Crippen molar-refractivity contribution >= 4 is 11.9 Å². The van der Waals surface area contributed by atoms with Gasteiger partial charge in [-0.1, -0.05) is 0 Å². The van der Waals surface area contributed by atoms with E-state index in [0.717, 1.165) is 0 Å². The molecule has 108 valence electrons. The zero-order valence-corrected chi connectivity index (χ0v) is 12.1. The van der Waals surface area contributed by atoms with Gasteiger partial charge >= 0.3 is 11.9 Å². The largest absolute Gasteiger partial charge is 0.478 e. The van der Waals surface area contributed by atoms with E-state index < -0.39 is 11.5 Å². The summed E-state index contributed by atoms with van der Waals surface area (Å²) in [7, 11) is 0. The van der Waals surface area contributed by atoms with Gasteiger partial charge in [-0.2, -0.15) is 0 Å².